The lowest BCUT2D eigenvalue weighted by molar-refractivity contribution is -0.120. The number of hydrogen-bond acceptors (Lipinski definition) is 4. The molecular weight excluding hydrogens is 524 g/mol. The molecule has 0 aliphatic heterocycles. The molecule has 0 spiro atoms. The number of carbonyl (C=O) groups is 1. The van der Waals surface area contributed by atoms with Gasteiger partial charge in [-0.3, -0.25) is 4.79 Å². The topological polar surface area (TPSA) is 59.9 Å². The highest BCUT2D eigenvalue weighted by molar-refractivity contribution is 9.10. The Bertz CT molecular complexity index is 1040. The summed E-state index contributed by atoms with van der Waals surface area (Å²) in [5.41, 5.74) is 5.33. The summed E-state index contributed by atoms with van der Waals surface area (Å²) in [7, 11) is 0. The van der Waals surface area contributed by atoms with E-state index in [2.05, 4.69) is 42.4 Å². The van der Waals surface area contributed by atoms with Crippen molar-refractivity contribution in [2.75, 3.05) is 6.61 Å². The molecule has 0 bridgehead atoms. The lowest BCUT2D eigenvalue weighted by atomic mass is 10.1. The van der Waals surface area contributed by atoms with Gasteiger partial charge in [0.15, 0.2) is 11.5 Å². The molecule has 5 nitrogen and oxygen atoms in total. The van der Waals surface area contributed by atoms with Crippen LogP contribution in [0.3, 0.4) is 0 Å². The molecule has 3 aromatic carbocycles. The normalized spacial score (nSPS) is 10.8. The van der Waals surface area contributed by atoms with Gasteiger partial charge in [-0.25, -0.2) is 5.43 Å². The Kier molecular flexibility index (Phi) is 8.67. The van der Waals surface area contributed by atoms with E-state index in [0.29, 0.717) is 24.7 Å². The zero-order chi connectivity index (χ0) is 22.1. The van der Waals surface area contributed by atoms with Crippen molar-refractivity contribution in [3.05, 3.63) is 92.4 Å². The van der Waals surface area contributed by atoms with Crippen LogP contribution in [0, 0.1) is 0 Å². The first-order chi connectivity index (χ1) is 15.0. The Morgan fingerprint density at radius 1 is 0.903 bits per heavy atom. The van der Waals surface area contributed by atoms with Crippen LogP contribution in [0.1, 0.15) is 23.6 Å². The van der Waals surface area contributed by atoms with Crippen LogP contribution >= 0.6 is 31.9 Å². The number of ether oxygens (including phenoxy) is 2. The highest BCUT2D eigenvalue weighted by Crippen LogP contribution is 2.29. The Labute approximate surface area is 198 Å². The molecule has 31 heavy (non-hydrogen) atoms. The third-order valence-electron chi connectivity index (χ3n) is 4.26. The monoisotopic (exact) mass is 544 g/mol. The molecule has 0 fully saturated rings. The number of nitrogens with one attached hydrogen (secondary N) is 1. The van der Waals surface area contributed by atoms with Crippen LogP contribution in [0.4, 0.5) is 0 Å². The molecule has 0 heterocycles. The van der Waals surface area contributed by atoms with Crippen LogP contribution < -0.4 is 14.9 Å². The van der Waals surface area contributed by atoms with Gasteiger partial charge in [0.2, 0.25) is 5.91 Å². The number of amides is 1. The highest BCUT2D eigenvalue weighted by Gasteiger charge is 2.07. The molecule has 0 atom stereocenters. The van der Waals surface area contributed by atoms with Gasteiger partial charge in [0.05, 0.1) is 19.2 Å². The van der Waals surface area contributed by atoms with Gasteiger partial charge in [-0.05, 0) is 66.1 Å². The maximum absolute atomic E-state index is 12.1. The van der Waals surface area contributed by atoms with E-state index in [1.165, 1.54) is 0 Å². The summed E-state index contributed by atoms with van der Waals surface area (Å²) in [5.74, 6) is 1.10. The third-order valence-corrected chi connectivity index (χ3v) is 5.31. The van der Waals surface area contributed by atoms with Gasteiger partial charge in [-0.1, -0.05) is 56.1 Å². The third kappa shape index (κ3) is 7.52. The fourth-order valence-corrected chi connectivity index (χ4v) is 3.27. The number of hydrazone groups is 1. The van der Waals surface area contributed by atoms with Gasteiger partial charge in [-0.15, -0.1) is 0 Å². The number of nitrogens with zero attached hydrogens (tertiary/aromatic N) is 1. The minimum Gasteiger partial charge on any atom is -0.490 e. The van der Waals surface area contributed by atoms with E-state index >= 15 is 0 Å². The first-order valence-electron chi connectivity index (χ1n) is 9.74. The molecule has 3 aromatic rings. The second-order valence-electron chi connectivity index (χ2n) is 6.65. The molecule has 0 radical (unpaired) electrons. The van der Waals surface area contributed by atoms with Gasteiger partial charge >= 0.3 is 0 Å². The molecule has 1 amide bonds. The molecule has 0 aliphatic carbocycles. The predicted molar refractivity (Wildman–Crippen MR) is 130 cm³/mol. The van der Waals surface area contributed by atoms with E-state index < -0.39 is 0 Å². The van der Waals surface area contributed by atoms with Crippen molar-refractivity contribution in [3.8, 4) is 11.5 Å². The van der Waals surface area contributed by atoms with Crippen LogP contribution in [0.2, 0.25) is 0 Å². The number of rotatable bonds is 9. The molecule has 0 saturated carbocycles. The number of halogens is 2. The fourth-order valence-electron chi connectivity index (χ4n) is 2.74. The highest BCUT2D eigenvalue weighted by atomic mass is 79.9. The van der Waals surface area contributed by atoms with Crippen LogP contribution in [0.25, 0.3) is 0 Å². The summed E-state index contributed by atoms with van der Waals surface area (Å²) in [4.78, 5) is 12.1. The predicted octanol–water partition coefficient (Wildman–Crippen LogP) is 5.88. The molecule has 0 saturated heterocycles. The van der Waals surface area contributed by atoms with Gasteiger partial charge in [0, 0.05) is 8.95 Å². The summed E-state index contributed by atoms with van der Waals surface area (Å²) in [6, 6.07) is 21.1. The maximum Gasteiger partial charge on any atom is 0.244 e. The average molecular weight is 546 g/mol. The molecule has 0 unspecified atom stereocenters. The summed E-state index contributed by atoms with van der Waals surface area (Å²) >= 11 is 6.81. The first-order valence-corrected chi connectivity index (χ1v) is 11.3. The SMILES string of the molecule is CCOc1cc(/C=N/NC(=O)Cc2ccc(Br)cc2)ccc1OCc1ccc(Br)cc1. The minimum absolute atomic E-state index is 0.182. The van der Waals surface area contributed by atoms with Gasteiger partial charge in [0.1, 0.15) is 6.61 Å². The van der Waals surface area contributed by atoms with Crippen molar-refractivity contribution in [1.29, 1.82) is 0 Å². The molecule has 7 heteroatoms. The molecule has 0 aromatic heterocycles. The maximum atomic E-state index is 12.1. The number of benzene rings is 3. The van der Waals surface area contributed by atoms with Crippen LogP contribution in [0.15, 0.2) is 80.8 Å². The summed E-state index contributed by atoms with van der Waals surface area (Å²) in [6.07, 6.45) is 1.85. The molecular formula is C24H22Br2N2O3. The largest absolute Gasteiger partial charge is 0.490 e. The Morgan fingerprint density at radius 3 is 2.19 bits per heavy atom. The Hall–Kier alpha value is -2.64. The van der Waals surface area contributed by atoms with E-state index in [-0.39, 0.29) is 12.3 Å². The smallest absolute Gasteiger partial charge is 0.244 e. The average Bonchev–Trinajstić information content (AvgIpc) is 2.76. The lowest BCUT2D eigenvalue weighted by Gasteiger charge is -2.12. The van der Waals surface area contributed by atoms with Crippen LogP contribution in [-0.4, -0.2) is 18.7 Å². The standard InChI is InChI=1S/C24H22Br2N2O3/c1-2-30-23-13-19(7-12-22(23)31-16-18-5-10-21(26)11-6-18)15-27-28-24(29)14-17-3-8-20(25)9-4-17/h3-13,15H,2,14,16H2,1H3,(H,28,29)/b27-15+. The first kappa shape index (κ1) is 23.0. The van der Waals surface area contributed by atoms with Crippen molar-refractivity contribution in [1.82, 2.24) is 5.43 Å². The van der Waals surface area contributed by atoms with E-state index in [1.54, 1.807) is 6.21 Å². The van der Waals surface area contributed by atoms with Crippen molar-refractivity contribution in [2.45, 2.75) is 20.0 Å². The summed E-state index contributed by atoms with van der Waals surface area (Å²) in [5, 5.41) is 4.05. The zero-order valence-corrected chi connectivity index (χ0v) is 20.1. The summed E-state index contributed by atoms with van der Waals surface area (Å²) in [6.45, 7) is 2.87. The van der Waals surface area contributed by atoms with E-state index in [9.17, 15) is 4.79 Å². The number of carbonyl (C=O) groups excluding carboxylic acids is 1. The summed E-state index contributed by atoms with van der Waals surface area (Å²) < 4.78 is 13.6. The second-order valence-corrected chi connectivity index (χ2v) is 8.48. The van der Waals surface area contributed by atoms with Gasteiger partial charge < -0.3 is 9.47 Å². The fraction of sp³-hybridized carbons (Fsp3) is 0.167. The minimum atomic E-state index is -0.182. The second kappa shape index (κ2) is 11.7. The Balaban J connectivity index is 1.59. The quantitative estimate of drug-likeness (QED) is 0.270. The van der Waals surface area contributed by atoms with Crippen molar-refractivity contribution < 1.29 is 14.3 Å². The lowest BCUT2D eigenvalue weighted by Crippen LogP contribution is -2.19. The Morgan fingerprint density at radius 2 is 1.55 bits per heavy atom. The van der Waals surface area contributed by atoms with Gasteiger partial charge in [-0.2, -0.15) is 5.10 Å². The van der Waals surface area contributed by atoms with Crippen molar-refractivity contribution in [2.24, 2.45) is 5.10 Å². The molecule has 3 rings (SSSR count). The van der Waals surface area contributed by atoms with Crippen molar-refractivity contribution in [3.63, 3.8) is 0 Å². The van der Waals surface area contributed by atoms with Crippen LogP contribution in [-0.2, 0) is 17.8 Å². The zero-order valence-electron chi connectivity index (χ0n) is 17.0. The van der Waals surface area contributed by atoms with E-state index in [1.807, 2.05) is 73.7 Å². The van der Waals surface area contributed by atoms with Crippen LogP contribution in [0.5, 0.6) is 11.5 Å². The van der Waals surface area contributed by atoms with E-state index in [0.717, 1.165) is 25.6 Å². The molecule has 160 valence electrons. The van der Waals surface area contributed by atoms with E-state index in [4.69, 9.17) is 9.47 Å². The molecule has 1 N–H and O–H groups in total. The molecule has 0 aliphatic rings. The number of hydrogen-bond donors (Lipinski definition) is 1. The van der Waals surface area contributed by atoms with Gasteiger partial charge in [0.25, 0.3) is 0 Å². The van der Waals surface area contributed by atoms with Crippen molar-refractivity contribution >= 4 is 44.0 Å².